The molecule has 2 aromatic rings. The molecule has 5 heteroatoms. The summed E-state index contributed by atoms with van der Waals surface area (Å²) in [6, 6.07) is 6.50. The van der Waals surface area contributed by atoms with Crippen LogP contribution in [0.3, 0.4) is 0 Å². The van der Waals surface area contributed by atoms with Gasteiger partial charge < -0.3 is 19.4 Å². The topological polar surface area (TPSA) is 54.7 Å². The third kappa shape index (κ3) is 2.59. The summed E-state index contributed by atoms with van der Waals surface area (Å²) in [5, 5.41) is 4.44. The van der Waals surface area contributed by atoms with E-state index in [2.05, 4.69) is 10.2 Å². The van der Waals surface area contributed by atoms with E-state index in [9.17, 15) is 4.79 Å². The molecule has 5 nitrogen and oxygen atoms in total. The highest BCUT2D eigenvalue weighted by Crippen LogP contribution is 2.30. The number of methoxy groups -OCH3 is 1. The minimum Gasteiger partial charge on any atom is -0.497 e. The van der Waals surface area contributed by atoms with Gasteiger partial charge >= 0.3 is 0 Å². The minimum atomic E-state index is 0.222. The van der Waals surface area contributed by atoms with Crippen LogP contribution in [0.15, 0.2) is 28.9 Å². The van der Waals surface area contributed by atoms with Gasteiger partial charge in [-0.25, -0.2) is 0 Å². The van der Waals surface area contributed by atoms with Crippen LogP contribution in [0.1, 0.15) is 24.8 Å². The average molecular weight is 314 g/mol. The van der Waals surface area contributed by atoms with Gasteiger partial charge in [0.2, 0.25) is 5.91 Å². The van der Waals surface area contributed by atoms with E-state index < -0.39 is 0 Å². The number of furan rings is 1. The molecule has 0 aliphatic carbocycles. The van der Waals surface area contributed by atoms with Crippen molar-refractivity contribution < 1.29 is 13.9 Å². The maximum Gasteiger partial charge on any atom is 0.227 e. The highest BCUT2D eigenvalue weighted by Gasteiger charge is 2.37. The second-order valence-corrected chi connectivity index (χ2v) is 6.48. The van der Waals surface area contributed by atoms with E-state index >= 15 is 0 Å². The zero-order valence-corrected chi connectivity index (χ0v) is 13.4. The second kappa shape index (κ2) is 5.89. The molecule has 0 saturated carbocycles. The van der Waals surface area contributed by atoms with Gasteiger partial charge in [0.1, 0.15) is 11.3 Å². The van der Waals surface area contributed by atoms with Gasteiger partial charge in [0.05, 0.1) is 19.8 Å². The molecule has 0 spiro atoms. The molecule has 4 rings (SSSR count). The van der Waals surface area contributed by atoms with Crippen LogP contribution in [0, 0.1) is 0 Å². The van der Waals surface area contributed by atoms with Crippen molar-refractivity contribution in [2.75, 3.05) is 20.2 Å². The Labute approximate surface area is 135 Å². The molecule has 2 atom stereocenters. The Balaban J connectivity index is 1.57. The Morgan fingerprint density at radius 3 is 3.09 bits per heavy atom. The van der Waals surface area contributed by atoms with Gasteiger partial charge in [-0.1, -0.05) is 0 Å². The number of benzene rings is 1. The zero-order chi connectivity index (χ0) is 15.8. The molecule has 2 bridgehead atoms. The Bertz CT molecular complexity index is 710. The Morgan fingerprint density at radius 2 is 2.22 bits per heavy atom. The molecule has 1 aromatic carbocycles. The summed E-state index contributed by atoms with van der Waals surface area (Å²) in [7, 11) is 1.64. The third-order valence-corrected chi connectivity index (χ3v) is 5.15. The second-order valence-electron chi connectivity index (χ2n) is 6.48. The Hall–Kier alpha value is -2.01. The monoisotopic (exact) mass is 314 g/mol. The van der Waals surface area contributed by atoms with E-state index in [0.717, 1.165) is 54.6 Å². The number of hydrogen-bond donors (Lipinski definition) is 1. The van der Waals surface area contributed by atoms with Crippen LogP contribution in [-0.2, 0) is 11.2 Å². The lowest BCUT2D eigenvalue weighted by atomic mass is 10.1. The molecule has 3 heterocycles. The fraction of sp³-hybridized carbons (Fsp3) is 0.500. The van der Waals surface area contributed by atoms with Gasteiger partial charge in [0.25, 0.3) is 0 Å². The van der Waals surface area contributed by atoms with Crippen LogP contribution in [0.2, 0.25) is 0 Å². The van der Waals surface area contributed by atoms with E-state index in [1.165, 1.54) is 0 Å². The summed E-state index contributed by atoms with van der Waals surface area (Å²) in [5.74, 6) is 0.987. The van der Waals surface area contributed by atoms with Gasteiger partial charge in [0, 0.05) is 35.6 Å². The van der Waals surface area contributed by atoms with E-state index in [-0.39, 0.29) is 5.91 Å². The third-order valence-electron chi connectivity index (χ3n) is 5.15. The molecular formula is C18H22N2O3. The van der Waals surface area contributed by atoms with E-state index in [1.54, 1.807) is 13.4 Å². The van der Waals surface area contributed by atoms with Crippen LogP contribution in [0.5, 0.6) is 5.75 Å². The van der Waals surface area contributed by atoms with Crippen molar-refractivity contribution in [2.24, 2.45) is 0 Å². The lowest BCUT2D eigenvalue weighted by Gasteiger charge is -2.27. The van der Waals surface area contributed by atoms with Gasteiger partial charge in [-0.2, -0.15) is 0 Å². The number of nitrogens with one attached hydrogen (secondary N) is 1. The predicted molar refractivity (Wildman–Crippen MR) is 87.6 cm³/mol. The summed E-state index contributed by atoms with van der Waals surface area (Å²) in [4.78, 5) is 15.0. The van der Waals surface area contributed by atoms with Gasteiger partial charge in [0.15, 0.2) is 0 Å². The maximum absolute atomic E-state index is 12.9. The van der Waals surface area contributed by atoms with Gasteiger partial charge in [-0.3, -0.25) is 4.79 Å². The van der Waals surface area contributed by atoms with Crippen LogP contribution in [0.4, 0.5) is 0 Å². The van der Waals surface area contributed by atoms with Crippen molar-refractivity contribution in [3.05, 3.63) is 30.0 Å². The number of ether oxygens (including phenoxy) is 1. The van der Waals surface area contributed by atoms with E-state index in [1.807, 2.05) is 18.2 Å². The number of carbonyl (C=O) groups excluding carboxylic acids is 1. The normalized spacial score (nSPS) is 24.0. The fourth-order valence-electron chi connectivity index (χ4n) is 3.97. The largest absolute Gasteiger partial charge is 0.497 e. The number of rotatable bonds is 3. The minimum absolute atomic E-state index is 0.222. The number of carbonyl (C=O) groups is 1. The molecule has 1 N–H and O–H groups in total. The molecule has 2 aliphatic heterocycles. The molecule has 1 aromatic heterocycles. The lowest BCUT2D eigenvalue weighted by Crippen LogP contribution is -2.43. The fourth-order valence-corrected chi connectivity index (χ4v) is 3.97. The molecule has 0 radical (unpaired) electrons. The summed E-state index contributed by atoms with van der Waals surface area (Å²) in [6.07, 6.45) is 5.44. The lowest BCUT2D eigenvalue weighted by molar-refractivity contribution is -0.133. The molecule has 1 amide bonds. The molecule has 2 aliphatic rings. The van der Waals surface area contributed by atoms with Crippen LogP contribution in [-0.4, -0.2) is 43.1 Å². The van der Waals surface area contributed by atoms with Crippen molar-refractivity contribution in [3.63, 3.8) is 0 Å². The van der Waals surface area contributed by atoms with Crippen molar-refractivity contribution in [1.82, 2.24) is 10.2 Å². The highest BCUT2D eigenvalue weighted by atomic mass is 16.5. The van der Waals surface area contributed by atoms with E-state index in [0.29, 0.717) is 18.5 Å². The van der Waals surface area contributed by atoms with Crippen molar-refractivity contribution in [3.8, 4) is 5.75 Å². The van der Waals surface area contributed by atoms with Crippen LogP contribution < -0.4 is 10.1 Å². The predicted octanol–water partition coefficient (Wildman–Crippen LogP) is 2.34. The summed E-state index contributed by atoms with van der Waals surface area (Å²) < 4.78 is 10.8. The highest BCUT2D eigenvalue weighted by molar-refractivity contribution is 5.88. The number of fused-ring (bicyclic) bond motifs is 3. The molecule has 23 heavy (non-hydrogen) atoms. The van der Waals surface area contributed by atoms with E-state index in [4.69, 9.17) is 9.15 Å². The first-order chi connectivity index (χ1) is 11.3. The summed E-state index contributed by atoms with van der Waals surface area (Å²) >= 11 is 0. The van der Waals surface area contributed by atoms with Gasteiger partial charge in [-0.15, -0.1) is 0 Å². The first-order valence-corrected chi connectivity index (χ1v) is 8.32. The SMILES string of the molecule is COc1ccc2c(CC(=O)N3C4CCNCC3CC4)coc2c1. The Morgan fingerprint density at radius 1 is 1.35 bits per heavy atom. The van der Waals surface area contributed by atoms with Gasteiger partial charge in [-0.05, 0) is 37.9 Å². The summed E-state index contributed by atoms with van der Waals surface area (Å²) in [5.41, 5.74) is 1.73. The van der Waals surface area contributed by atoms with Crippen molar-refractivity contribution in [1.29, 1.82) is 0 Å². The molecule has 2 fully saturated rings. The summed E-state index contributed by atoms with van der Waals surface area (Å²) in [6.45, 7) is 1.94. The van der Waals surface area contributed by atoms with Crippen LogP contribution >= 0.6 is 0 Å². The molecule has 2 unspecified atom stereocenters. The van der Waals surface area contributed by atoms with Crippen molar-refractivity contribution >= 4 is 16.9 Å². The smallest absolute Gasteiger partial charge is 0.227 e. The zero-order valence-electron chi connectivity index (χ0n) is 13.4. The number of amides is 1. The Kier molecular flexibility index (Phi) is 3.73. The quantitative estimate of drug-likeness (QED) is 0.945. The molecule has 122 valence electrons. The van der Waals surface area contributed by atoms with Crippen LogP contribution in [0.25, 0.3) is 11.0 Å². The van der Waals surface area contributed by atoms with Crippen molar-refractivity contribution in [2.45, 2.75) is 37.8 Å². The first-order valence-electron chi connectivity index (χ1n) is 8.32. The molecular weight excluding hydrogens is 292 g/mol. The standard InChI is InChI=1S/C18H22N2O3/c1-22-15-4-5-16-12(11-23-17(16)9-15)8-18(21)20-13-2-3-14(20)10-19-7-6-13/h4-5,9,11,13-14,19H,2-3,6-8,10H2,1H3. The molecule has 2 saturated heterocycles. The number of nitrogens with zero attached hydrogens (tertiary/aromatic N) is 1. The average Bonchev–Trinajstić information content (AvgIpc) is 3.06. The number of hydrogen-bond acceptors (Lipinski definition) is 4. The maximum atomic E-state index is 12.9. The first kappa shape index (κ1) is 14.6.